The zero-order valence-electron chi connectivity index (χ0n) is 15.2. The monoisotopic (exact) mass is 413 g/mol. The maximum atomic E-state index is 13.3. The van der Waals surface area contributed by atoms with E-state index < -0.39 is 6.04 Å². The molecule has 0 bridgehead atoms. The molecule has 0 saturated carbocycles. The van der Waals surface area contributed by atoms with E-state index in [1.165, 1.54) is 6.33 Å². The van der Waals surface area contributed by atoms with Crippen LogP contribution in [0.5, 0.6) is 0 Å². The van der Waals surface area contributed by atoms with Crippen LogP contribution in [0.4, 0.5) is 11.6 Å². The molecule has 0 fully saturated rings. The first-order valence-corrected chi connectivity index (χ1v) is 9.40. The Hall–Kier alpha value is -2.83. The number of aromatic nitrogens is 3. The highest BCUT2D eigenvalue weighted by atomic mass is 35.5. The van der Waals surface area contributed by atoms with Crippen LogP contribution in [0.15, 0.2) is 60.1 Å². The van der Waals surface area contributed by atoms with E-state index in [4.69, 9.17) is 23.2 Å². The van der Waals surface area contributed by atoms with Crippen molar-refractivity contribution in [3.63, 3.8) is 0 Å². The minimum absolute atomic E-state index is 0.225. The smallest absolute Gasteiger partial charge is 0.255 e. The van der Waals surface area contributed by atoms with Gasteiger partial charge in [-0.1, -0.05) is 47.5 Å². The number of hydrogen-bond acceptors (Lipinski definition) is 4. The second-order valence-electron chi connectivity index (χ2n) is 6.54. The summed E-state index contributed by atoms with van der Waals surface area (Å²) in [6, 6.07) is 12.4. The standard InChI is InChI=1S/C20H17Cl2N5O/c1-11-5-3-4-6-16(11)26-19(28)17-12(2)25-20-23-10-24-27(20)18(17)13-7-8-14(21)15(22)9-13/h3-10,18H,1-2H3,(H,26,28)(H,23,24,25)/t18-/m0/s1. The summed E-state index contributed by atoms with van der Waals surface area (Å²) in [5.74, 6) is 0.331. The average molecular weight is 414 g/mol. The number of nitrogens with one attached hydrogen (secondary N) is 2. The lowest BCUT2D eigenvalue weighted by Gasteiger charge is -2.29. The van der Waals surface area contributed by atoms with Crippen LogP contribution in [0.25, 0.3) is 0 Å². The summed E-state index contributed by atoms with van der Waals surface area (Å²) in [5.41, 5.74) is 3.75. The van der Waals surface area contributed by atoms with E-state index in [1.54, 1.807) is 16.8 Å². The fourth-order valence-corrected chi connectivity index (χ4v) is 3.59. The summed E-state index contributed by atoms with van der Waals surface area (Å²) in [5, 5.41) is 11.3. The molecule has 4 rings (SSSR count). The predicted molar refractivity (Wildman–Crippen MR) is 111 cm³/mol. The molecule has 28 heavy (non-hydrogen) atoms. The summed E-state index contributed by atoms with van der Waals surface area (Å²) in [6.07, 6.45) is 1.45. The molecule has 0 aliphatic carbocycles. The van der Waals surface area contributed by atoms with Crippen LogP contribution >= 0.6 is 23.2 Å². The van der Waals surface area contributed by atoms with Gasteiger partial charge in [0.25, 0.3) is 5.91 Å². The van der Waals surface area contributed by atoms with Crippen molar-refractivity contribution in [3.8, 4) is 0 Å². The van der Waals surface area contributed by atoms with Crippen molar-refractivity contribution in [2.75, 3.05) is 10.6 Å². The van der Waals surface area contributed by atoms with Gasteiger partial charge in [-0.2, -0.15) is 10.1 Å². The molecule has 0 radical (unpaired) electrons. The average Bonchev–Trinajstić information content (AvgIpc) is 3.12. The number of halogens is 2. The van der Waals surface area contributed by atoms with Gasteiger partial charge >= 0.3 is 0 Å². The molecule has 1 atom stereocenters. The number of allylic oxidation sites excluding steroid dienone is 1. The van der Waals surface area contributed by atoms with Crippen LogP contribution in [0.1, 0.15) is 24.1 Å². The largest absolute Gasteiger partial charge is 0.328 e. The number of rotatable bonds is 3. The Bertz CT molecular complexity index is 1110. The second-order valence-corrected chi connectivity index (χ2v) is 7.35. The summed E-state index contributed by atoms with van der Waals surface area (Å²) >= 11 is 12.3. The number of benzene rings is 2. The van der Waals surface area contributed by atoms with Crippen LogP contribution in [-0.2, 0) is 4.79 Å². The van der Waals surface area contributed by atoms with E-state index in [0.717, 1.165) is 16.8 Å². The fraction of sp³-hybridized carbons (Fsp3) is 0.150. The number of amides is 1. The molecule has 2 heterocycles. The lowest BCUT2D eigenvalue weighted by molar-refractivity contribution is -0.113. The molecule has 0 unspecified atom stereocenters. The molecule has 1 aromatic heterocycles. The number of anilines is 2. The van der Waals surface area contributed by atoms with Crippen LogP contribution in [-0.4, -0.2) is 20.7 Å². The van der Waals surface area contributed by atoms with Gasteiger partial charge in [-0.15, -0.1) is 0 Å². The highest BCUT2D eigenvalue weighted by Crippen LogP contribution is 2.37. The van der Waals surface area contributed by atoms with Gasteiger partial charge in [0.05, 0.1) is 15.6 Å². The molecule has 3 aromatic rings. The molecular formula is C20H17Cl2N5O. The van der Waals surface area contributed by atoms with Crippen molar-refractivity contribution in [1.82, 2.24) is 14.8 Å². The van der Waals surface area contributed by atoms with E-state index in [9.17, 15) is 4.79 Å². The number of aryl methyl sites for hydroxylation is 1. The van der Waals surface area contributed by atoms with Crippen molar-refractivity contribution in [2.24, 2.45) is 0 Å². The van der Waals surface area contributed by atoms with Gasteiger partial charge in [-0.25, -0.2) is 4.68 Å². The molecule has 2 N–H and O–H groups in total. The lowest BCUT2D eigenvalue weighted by Crippen LogP contribution is -2.31. The van der Waals surface area contributed by atoms with Gasteiger partial charge in [0.15, 0.2) is 0 Å². The maximum Gasteiger partial charge on any atom is 0.255 e. The van der Waals surface area contributed by atoms with E-state index in [2.05, 4.69) is 20.7 Å². The normalized spacial score (nSPS) is 15.8. The number of fused-ring (bicyclic) bond motifs is 1. The zero-order valence-corrected chi connectivity index (χ0v) is 16.7. The quantitative estimate of drug-likeness (QED) is 0.645. The highest BCUT2D eigenvalue weighted by Gasteiger charge is 2.33. The Morgan fingerprint density at radius 3 is 2.68 bits per heavy atom. The third kappa shape index (κ3) is 3.25. The van der Waals surface area contributed by atoms with E-state index in [1.807, 2.05) is 44.2 Å². The van der Waals surface area contributed by atoms with Crippen LogP contribution < -0.4 is 10.6 Å². The molecule has 0 spiro atoms. The first kappa shape index (κ1) is 18.5. The number of carbonyl (C=O) groups is 1. The molecule has 1 amide bonds. The molecule has 0 saturated heterocycles. The highest BCUT2D eigenvalue weighted by molar-refractivity contribution is 6.42. The Morgan fingerprint density at radius 1 is 1.14 bits per heavy atom. The van der Waals surface area contributed by atoms with Gasteiger partial charge in [-0.05, 0) is 43.2 Å². The van der Waals surface area contributed by atoms with Crippen molar-refractivity contribution in [2.45, 2.75) is 19.9 Å². The van der Waals surface area contributed by atoms with Crippen molar-refractivity contribution in [3.05, 3.63) is 81.2 Å². The van der Waals surface area contributed by atoms with Gasteiger partial charge in [-0.3, -0.25) is 4.79 Å². The number of hydrogen-bond donors (Lipinski definition) is 2. The number of para-hydroxylation sites is 1. The number of nitrogens with zero attached hydrogens (tertiary/aromatic N) is 3. The third-order valence-electron chi connectivity index (χ3n) is 4.69. The molecular weight excluding hydrogens is 397 g/mol. The fourth-order valence-electron chi connectivity index (χ4n) is 3.28. The van der Waals surface area contributed by atoms with Gasteiger partial charge < -0.3 is 10.6 Å². The van der Waals surface area contributed by atoms with Crippen molar-refractivity contribution in [1.29, 1.82) is 0 Å². The maximum absolute atomic E-state index is 13.3. The number of carbonyl (C=O) groups excluding carboxylic acids is 1. The van der Waals surface area contributed by atoms with E-state index in [-0.39, 0.29) is 5.91 Å². The minimum atomic E-state index is -0.488. The lowest BCUT2D eigenvalue weighted by atomic mass is 9.95. The molecule has 1 aliphatic heterocycles. The summed E-state index contributed by atoms with van der Waals surface area (Å²) < 4.78 is 1.67. The Labute approximate surface area is 172 Å². The van der Waals surface area contributed by atoms with Crippen molar-refractivity contribution < 1.29 is 4.79 Å². The van der Waals surface area contributed by atoms with E-state index in [0.29, 0.717) is 27.3 Å². The first-order valence-electron chi connectivity index (χ1n) is 8.65. The molecule has 8 heteroatoms. The summed E-state index contributed by atoms with van der Waals surface area (Å²) in [6.45, 7) is 3.79. The van der Waals surface area contributed by atoms with Gasteiger partial charge in [0.2, 0.25) is 5.95 Å². The zero-order chi connectivity index (χ0) is 19.8. The summed E-state index contributed by atoms with van der Waals surface area (Å²) in [4.78, 5) is 17.5. The Balaban J connectivity index is 1.79. The summed E-state index contributed by atoms with van der Waals surface area (Å²) in [7, 11) is 0. The van der Waals surface area contributed by atoms with Gasteiger partial charge in [0, 0.05) is 11.4 Å². The van der Waals surface area contributed by atoms with E-state index >= 15 is 0 Å². The molecule has 2 aromatic carbocycles. The van der Waals surface area contributed by atoms with Crippen LogP contribution in [0.3, 0.4) is 0 Å². The van der Waals surface area contributed by atoms with Crippen LogP contribution in [0.2, 0.25) is 10.0 Å². The minimum Gasteiger partial charge on any atom is -0.328 e. The third-order valence-corrected chi connectivity index (χ3v) is 5.43. The molecule has 142 valence electrons. The molecule has 6 nitrogen and oxygen atoms in total. The van der Waals surface area contributed by atoms with Crippen molar-refractivity contribution >= 4 is 40.7 Å². The SMILES string of the molecule is CC1=C(C(=O)Nc2ccccc2C)[C@H](c2ccc(Cl)c(Cl)c2)n2ncnc2N1. The van der Waals surface area contributed by atoms with Gasteiger partial charge in [0.1, 0.15) is 12.4 Å². The first-order chi connectivity index (χ1) is 13.5. The topological polar surface area (TPSA) is 71.8 Å². The second kappa shape index (κ2) is 7.30. The van der Waals surface area contributed by atoms with Crippen LogP contribution in [0, 0.1) is 6.92 Å². The molecule has 1 aliphatic rings. The predicted octanol–water partition coefficient (Wildman–Crippen LogP) is 4.82. The Kier molecular flexibility index (Phi) is 4.83. The Morgan fingerprint density at radius 2 is 1.93 bits per heavy atom.